The van der Waals surface area contributed by atoms with E-state index in [1.165, 1.54) is 0 Å². The Morgan fingerprint density at radius 2 is 2.18 bits per heavy atom. The molecule has 0 bridgehead atoms. The lowest BCUT2D eigenvalue weighted by Gasteiger charge is -2.12. The number of nitrogens with zero attached hydrogens (tertiary/aromatic N) is 4. The number of rotatable bonds is 4. The van der Waals surface area contributed by atoms with Crippen molar-refractivity contribution in [2.75, 3.05) is 11.9 Å². The molecule has 2 heterocycles. The smallest absolute Gasteiger partial charge is 0.205 e. The number of aromatic nitrogens is 4. The predicted molar refractivity (Wildman–Crippen MR) is 69.3 cm³/mol. The fourth-order valence-electron chi connectivity index (χ4n) is 1.31. The quantitative estimate of drug-likeness (QED) is 0.904. The number of nitrogens with one attached hydrogen (secondary N) is 1. The van der Waals surface area contributed by atoms with E-state index in [9.17, 15) is 0 Å². The molecule has 0 aliphatic heterocycles. The number of hydrogen-bond donors (Lipinski definition) is 1. The molecule has 2 rings (SSSR count). The Labute approximate surface area is 105 Å². The molecule has 0 fully saturated rings. The summed E-state index contributed by atoms with van der Waals surface area (Å²) in [6.07, 6.45) is 5.54. The zero-order chi connectivity index (χ0) is 12.3. The molecular weight excluding hydrogens is 234 g/mol. The summed E-state index contributed by atoms with van der Waals surface area (Å²) in [5.41, 5.74) is 0.0714. The third-order valence-corrected chi connectivity index (χ3v) is 3.58. The van der Waals surface area contributed by atoms with Gasteiger partial charge in [0.2, 0.25) is 5.13 Å². The summed E-state index contributed by atoms with van der Waals surface area (Å²) in [6.45, 7) is 8.13. The molecule has 0 unspecified atom stereocenters. The predicted octanol–water partition coefficient (Wildman–Crippen LogP) is 2.14. The molecule has 2 aromatic rings. The van der Waals surface area contributed by atoms with Gasteiger partial charge in [-0.15, -0.1) is 10.2 Å². The number of hydrogen-bond acceptors (Lipinski definition) is 5. The van der Waals surface area contributed by atoms with Crippen LogP contribution in [0, 0.1) is 0 Å². The van der Waals surface area contributed by atoms with Gasteiger partial charge in [-0.1, -0.05) is 32.1 Å². The maximum Gasteiger partial charge on any atom is 0.205 e. The Morgan fingerprint density at radius 1 is 1.35 bits per heavy atom. The summed E-state index contributed by atoms with van der Waals surface area (Å²) >= 11 is 1.62. The van der Waals surface area contributed by atoms with E-state index in [0.717, 1.165) is 23.2 Å². The average molecular weight is 251 g/mol. The van der Waals surface area contributed by atoms with E-state index in [2.05, 4.69) is 41.3 Å². The van der Waals surface area contributed by atoms with Crippen LogP contribution in [0.1, 0.15) is 25.8 Å². The second-order valence-corrected chi connectivity index (χ2v) is 5.87. The van der Waals surface area contributed by atoms with Gasteiger partial charge in [0.15, 0.2) is 0 Å². The highest BCUT2D eigenvalue weighted by Gasteiger charge is 2.18. The van der Waals surface area contributed by atoms with Gasteiger partial charge in [0.25, 0.3) is 0 Å². The molecular formula is C11H17N5S. The van der Waals surface area contributed by atoms with E-state index in [-0.39, 0.29) is 5.41 Å². The Morgan fingerprint density at radius 3 is 2.76 bits per heavy atom. The van der Waals surface area contributed by atoms with Gasteiger partial charge in [0, 0.05) is 30.9 Å². The largest absolute Gasteiger partial charge is 0.358 e. The summed E-state index contributed by atoms with van der Waals surface area (Å²) < 4.78 is 2.03. The minimum Gasteiger partial charge on any atom is -0.358 e. The molecule has 17 heavy (non-hydrogen) atoms. The van der Waals surface area contributed by atoms with E-state index >= 15 is 0 Å². The van der Waals surface area contributed by atoms with E-state index in [4.69, 9.17) is 0 Å². The standard InChI is InChI=1S/C11H17N5S/c1-11(2,3)9-14-15-10(17-9)13-5-7-16-6-4-12-8-16/h4,6,8H,5,7H2,1-3H3,(H,13,15). The molecule has 0 aliphatic carbocycles. The van der Waals surface area contributed by atoms with Crippen LogP contribution in [0.15, 0.2) is 18.7 Å². The van der Waals surface area contributed by atoms with Gasteiger partial charge in [0.1, 0.15) is 5.01 Å². The molecule has 0 saturated heterocycles. The molecule has 0 radical (unpaired) electrons. The second-order valence-electron chi connectivity index (χ2n) is 4.89. The molecule has 1 N–H and O–H groups in total. The van der Waals surface area contributed by atoms with Crippen LogP contribution in [0.5, 0.6) is 0 Å². The molecule has 5 nitrogen and oxygen atoms in total. The van der Waals surface area contributed by atoms with Gasteiger partial charge in [-0.25, -0.2) is 4.98 Å². The zero-order valence-electron chi connectivity index (χ0n) is 10.3. The van der Waals surface area contributed by atoms with Gasteiger partial charge < -0.3 is 9.88 Å². The summed E-state index contributed by atoms with van der Waals surface area (Å²) in [4.78, 5) is 3.99. The molecule has 0 aromatic carbocycles. The molecule has 92 valence electrons. The van der Waals surface area contributed by atoms with Gasteiger partial charge in [0.05, 0.1) is 6.33 Å². The molecule has 0 saturated carbocycles. The first kappa shape index (κ1) is 12.0. The molecule has 2 aromatic heterocycles. The van der Waals surface area contributed by atoms with Crippen molar-refractivity contribution in [3.63, 3.8) is 0 Å². The number of imidazole rings is 1. The third kappa shape index (κ3) is 3.26. The summed E-state index contributed by atoms with van der Waals surface area (Å²) in [6, 6.07) is 0. The lowest BCUT2D eigenvalue weighted by atomic mass is 9.98. The van der Waals surface area contributed by atoms with Crippen molar-refractivity contribution in [3.8, 4) is 0 Å². The highest BCUT2D eigenvalue weighted by atomic mass is 32.1. The van der Waals surface area contributed by atoms with Crippen molar-refractivity contribution < 1.29 is 0 Å². The topological polar surface area (TPSA) is 55.6 Å². The van der Waals surface area contributed by atoms with Crippen molar-refractivity contribution in [2.45, 2.75) is 32.7 Å². The SMILES string of the molecule is CC(C)(C)c1nnc(NCCn2ccnc2)s1. The molecule has 0 spiro atoms. The minimum absolute atomic E-state index is 0.0714. The summed E-state index contributed by atoms with van der Waals surface area (Å²) in [5.74, 6) is 0. The van der Waals surface area contributed by atoms with Gasteiger partial charge >= 0.3 is 0 Å². The van der Waals surface area contributed by atoms with Crippen LogP contribution in [0.3, 0.4) is 0 Å². The van der Waals surface area contributed by atoms with Crippen molar-refractivity contribution in [1.29, 1.82) is 0 Å². The van der Waals surface area contributed by atoms with Crippen molar-refractivity contribution in [3.05, 3.63) is 23.7 Å². The van der Waals surface area contributed by atoms with Crippen LogP contribution in [0.2, 0.25) is 0 Å². The van der Waals surface area contributed by atoms with Gasteiger partial charge in [-0.2, -0.15) is 0 Å². The van der Waals surface area contributed by atoms with Crippen LogP contribution in [0.25, 0.3) is 0 Å². The van der Waals surface area contributed by atoms with Crippen molar-refractivity contribution in [1.82, 2.24) is 19.7 Å². The fourth-order valence-corrected chi connectivity index (χ4v) is 2.14. The molecule has 0 atom stereocenters. The number of anilines is 1. The van der Waals surface area contributed by atoms with Crippen LogP contribution in [0.4, 0.5) is 5.13 Å². The van der Waals surface area contributed by atoms with E-state index in [1.54, 1.807) is 17.5 Å². The first-order valence-corrected chi connectivity index (χ1v) is 6.41. The minimum atomic E-state index is 0.0714. The lowest BCUT2D eigenvalue weighted by molar-refractivity contribution is 0.578. The van der Waals surface area contributed by atoms with Crippen LogP contribution in [-0.4, -0.2) is 26.3 Å². The Bertz CT molecular complexity index is 454. The van der Waals surface area contributed by atoms with Crippen LogP contribution < -0.4 is 5.32 Å². The maximum atomic E-state index is 4.19. The van der Waals surface area contributed by atoms with Crippen LogP contribution in [-0.2, 0) is 12.0 Å². The average Bonchev–Trinajstić information content (AvgIpc) is 2.86. The fraction of sp³-hybridized carbons (Fsp3) is 0.545. The Hall–Kier alpha value is -1.43. The Kier molecular flexibility index (Phi) is 3.42. The van der Waals surface area contributed by atoms with E-state index in [0.29, 0.717) is 0 Å². The van der Waals surface area contributed by atoms with Gasteiger partial charge in [-0.05, 0) is 0 Å². The first-order valence-electron chi connectivity index (χ1n) is 5.59. The maximum absolute atomic E-state index is 4.19. The summed E-state index contributed by atoms with van der Waals surface area (Å²) in [5, 5.41) is 13.5. The zero-order valence-corrected chi connectivity index (χ0v) is 11.2. The molecule has 6 heteroatoms. The lowest BCUT2D eigenvalue weighted by Crippen LogP contribution is -2.10. The molecule has 0 amide bonds. The van der Waals surface area contributed by atoms with Crippen molar-refractivity contribution >= 4 is 16.5 Å². The van der Waals surface area contributed by atoms with E-state index < -0.39 is 0 Å². The second kappa shape index (κ2) is 4.83. The highest BCUT2D eigenvalue weighted by Crippen LogP contribution is 2.27. The third-order valence-electron chi connectivity index (χ3n) is 2.27. The Balaban J connectivity index is 1.85. The summed E-state index contributed by atoms with van der Waals surface area (Å²) in [7, 11) is 0. The normalized spacial score (nSPS) is 11.7. The van der Waals surface area contributed by atoms with Crippen LogP contribution >= 0.6 is 11.3 Å². The molecule has 0 aliphatic rings. The first-order chi connectivity index (χ1) is 8.05. The highest BCUT2D eigenvalue weighted by molar-refractivity contribution is 7.15. The van der Waals surface area contributed by atoms with Crippen molar-refractivity contribution in [2.24, 2.45) is 0 Å². The monoisotopic (exact) mass is 251 g/mol. The van der Waals surface area contributed by atoms with Gasteiger partial charge in [-0.3, -0.25) is 0 Å². The van der Waals surface area contributed by atoms with E-state index in [1.807, 2.05) is 17.1 Å².